The number of thiocarbonyl (C=S) groups is 1. The fraction of sp³-hybridized carbons (Fsp3) is 0.818. The SMILES string of the molecule is CC(C)CN1CCN(C(=O)CC(N)=S)CC1. The van der Waals surface area contributed by atoms with Gasteiger partial charge >= 0.3 is 0 Å². The summed E-state index contributed by atoms with van der Waals surface area (Å²) in [5.41, 5.74) is 5.37. The Morgan fingerprint density at radius 1 is 1.31 bits per heavy atom. The largest absolute Gasteiger partial charge is 0.393 e. The Bertz CT molecular complexity index is 260. The highest BCUT2D eigenvalue weighted by Crippen LogP contribution is 2.06. The Hall–Kier alpha value is -0.680. The molecule has 0 aromatic carbocycles. The molecule has 92 valence electrons. The lowest BCUT2D eigenvalue weighted by Gasteiger charge is -2.35. The van der Waals surface area contributed by atoms with Gasteiger partial charge in [-0.2, -0.15) is 0 Å². The van der Waals surface area contributed by atoms with Crippen molar-refractivity contribution in [1.82, 2.24) is 9.80 Å². The maximum absolute atomic E-state index is 11.7. The molecular formula is C11H21N3OS. The number of hydrogen-bond acceptors (Lipinski definition) is 3. The summed E-state index contributed by atoms with van der Waals surface area (Å²) in [6.07, 6.45) is 0.208. The number of piperazine rings is 1. The summed E-state index contributed by atoms with van der Waals surface area (Å²) in [4.78, 5) is 16.2. The van der Waals surface area contributed by atoms with E-state index in [0.29, 0.717) is 5.92 Å². The first kappa shape index (κ1) is 13.4. The van der Waals surface area contributed by atoms with Gasteiger partial charge in [-0.25, -0.2) is 0 Å². The molecule has 1 saturated heterocycles. The van der Waals surface area contributed by atoms with Crippen LogP contribution < -0.4 is 5.73 Å². The van der Waals surface area contributed by atoms with Crippen LogP contribution in [0.15, 0.2) is 0 Å². The topological polar surface area (TPSA) is 49.6 Å². The molecule has 0 spiro atoms. The van der Waals surface area contributed by atoms with Crippen LogP contribution in [0.4, 0.5) is 0 Å². The van der Waals surface area contributed by atoms with Crippen LogP contribution in [0.1, 0.15) is 20.3 Å². The van der Waals surface area contributed by atoms with Crippen LogP contribution in [-0.4, -0.2) is 53.4 Å². The first-order valence-electron chi connectivity index (χ1n) is 5.77. The van der Waals surface area contributed by atoms with Gasteiger partial charge in [0.2, 0.25) is 5.91 Å². The molecule has 4 nitrogen and oxygen atoms in total. The quantitative estimate of drug-likeness (QED) is 0.729. The molecule has 1 amide bonds. The van der Waals surface area contributed by atoms with Gasteiger partial charge in [0, 0.05) is 32.7 Å². The molecule has 0 aromatic rings. The molecule has 0 aliphatic carbocycles. The van der Waals surface area contributed by atoms with Gasteiger partial charge in [0.1, 0.15) is 0 Å². The van der Waals surface area contributed by atoms with Crippen molar-refractivity contribution in [2.75, 3.05) is 32.7 Å². The molecule has 0 atom stereocenters. The van der Waals surface area contributed by atoms with E-state index >= 15 is 0 Å². The summed E-state index contributed by atoms with van der Waals surface area (Å²) in [5, 5.41) is 0. The van der Waals surface area contributed by atoms with Gasteiger partial charge in [0.05, 0.1) is 11.4 Å². The van der Waals surface area contributed by atoms with Crippen molar-refractivity contribution in [3.63, 3.8) is 0 Å². The number of hydrogen-bond donors (Lipinski definition) is 1. The summed E-state index contributed by atoms with van der Waals surface area (Å²) in [7, 11) is 0. The predicted octanol–water partition coefficient (Wildman–Crippen LogP) is 0.463. The second kappa shape index (κ2) is 6.15. The van der Waals surface area contributed by atoms with Crippen LogP contribution >= 0.6 is 12.2 Å². The molecule has 1 rings (SSSR count). The standard InChI is InChI=1S/C11H21N3OS/c1-9(2)8-13-3-5-14(6-4-13)11(15)7-10(12)16/h9H,3-8H2,1-2H3,(H2,12,16). The molecule has 0 saturated carbocycles. The Balaban J connectivity index is 2.31. The maximum Gasteiger partial charge on any atom is 0.229 e. The van der Waals surface area contributed by atoms with Gasteiger partial charge in [-0.1, -0.05) is 26.1 Å². The minimum atomic E-state index is 0.0664. The highest BCUT2D eigenvalue weighted by atomic mass is 32.1. The molecule has 16 heavy (non-hydrogen) atoms. The summed E-state index contributed by atoms with van der Waals surface area (Å²) in [6.45, 7) is 9.05. The number of amides is 1. The Morgan fingerprint density at radius 2 is 1.88 bits per heavy atom. The molecule has 1 fully saturated rings. The van der Waals surface area contributed by atoms with Crippen LogP contribution in [-0.2, 0) is 4.79 Å². The molecule has 1 aliphatic heterocycles. The van der Waals surface area contributed by atoms with Gasteiger partial charge in [-0.05, 0) is 5.92 Å². The highest BCUT2D eigenvalue weighted by Gasteiger charge is 2.21. The van der Waals surface area contributed by atoms with Crippen molar-refractivity contribution in [1.29, 1.82) is 0 Å². The smallest absolute Gasteiger partial charge is 0.229 e. The number of carbonyl (C=O) groups is 1. The summed E-state index contributed by atoms with van der Waals surface area (Å²) in [5.74, 6) is 0.746. The van der Waals surface area contributed by atoms with Crippen molar-refractivity contribution in [3.8, 4) is 0 Å². The fourth-order valence-corrected chi connectivity index (χ4v) is 2.08. The van der Waals surface area contributed by atoms with Crippen molar-refractivity contribution in [2.45, 2.75) is 20.3 Å². The third kappa shape index (κ3) is 4.45. The lowest BCUT2D eigenvalue weighted by atomic mass is 10.2. The summed E-state index contributed by atoms with van der Waals surface area (Å²) < 4.78 is 0. The number of rotatable bonds is 4. The third-order valence-electron chi connectivity index (χ3n) is 2.67. The highest BCUT2D eigenvalue weighted by molar-refractivity contribution is 7.80. The van der Waals surface area contributed by atoms with E-state index in [9.17, 15) is 4.79 Å². The minimum absolute atomic E-state index is 0.0664. The van der Waals surface area contributed by atoms with Crippen molar-refractivity contribution in [2.24, 2.45) is 11.7 Å². The molecule has 0 bridgehead atoms. The number of nitrogens with two attached hydrogens (primary N) is 1. The lowest BCUT2D eigenvalue weighted by Crippen LogP contribution is -2.49. The van der Waals surface area contributed by atoms with Crippen LogP contribution in [0.5, 0.6) is 0 Å². The minimum Gasteiger partial charge on any atom is -0.393 e. The van der Waals surface area contributed by atoms with Crippen molar-refractivity contribution >= 4 is 23.1 Å². The van der Waals surface area contributed by atoms with Crippen molar-refractivity contribution in [3.05, 3.63) is 0 Å². The van der Waals surface area contributed by atoms with Gasteiger partial charge in [0.15, 0.2) is 0 Å². The molecule has 2 N–H and O–H groups in total. The fourth-order valence-electron chi connectivity index (χ4n) is 1.96. The Morgan fingerprint density at radius 3 is 2.31 bits per heavy atom. The van der Waals surface area contributed by atoms with E-state index in [0.717, 1.165) is 32.7 Å². The second-order valence-corrected chi connectivity index (χ2v) is 5.24. The molecule has 5 heteroatoms. The van der Waals surface area contributed by atoms with E-state index < -0.39 is 0 Å². The second-order valence-electron chi connectivity index (χ2n) is 4.72. The average molecular weight is 243 g/mol. The molecule has 0 aromatic heterocycles. The van der Waals surface area contributed by atoms with Crippen LogP contribution in [0.3, 0.4) is 0 Å². The van der Waals surface area contributed by atoms with Gasteiger partial charge in [-0.3, -0.25) is 9.69 Å². The first-order valence-corrected chi connectivity index (χ1v) is 6.18. The Labute approximate surface area is 103 Å². The normalized spacial score (nSPS) is 17.8. The molecular weight excluding hydrogens is 222 g/mol. The van der Waals surface area contributed by atoms with Crippen LogP contribution in [0.2, 0.25) is 0 Å². The van der Waals surface area contributed by atoms with E-state index in [4.69, 9.17) is 18.0 Å². The van der Waals surface area contributed by atoms with E-state index in [1.807, 2.05) is 4.90 Å². The van der Waals surface area contributed by atoms with Crippen LogP contribution in [0, 0.1) is 5.92 Å². The summed E-state index contributed by atoms with van der Waals surface area (Å²) >= 11 is 4.74. The van der Waals surface area contributed by atoms with Crippen molar-refractivity contribution < 1.29 is 4.79 Å². The Kier molecular flexibility index (Phi) is 5.15. The maximum atomic E-state index is 11.7. The monoisotopic (exact) mass is 243 g/mol. The van der Waals surface area contributed by atoms with Gasteiger partial charge < -0.3 is 10.6 Å². The molecule has 1 heterocycles. The van der Waals surface area contributed by atoms with Crippen LogP contribution in [0.25, 0.3) is 0 Å². The lowest BCUT2D eigenvalue weighted by molar-refractivity contribution is -0.131. The van der Waals surface area contributed by atoms with Gasteiger partial charge in [0.25, 0.3) is 0 Å². The zero-order chi connectivity index (χ0) is 12.1. The third-order valence-corrected chi connectivity index (χ3v) is 2.82. The molecule has 0 unspecified atom stereocenters. The predicted molar refractivity (Wildman–Crippen MR) is 69.3 cm³/mol. The first-order chi connectivity index (χ1) is 7.49. The molecule has 1 aliphatic rings. The molecule has 0 radical (unpaired) electrons. The van der Waals surface area contributed by atoms with Gasteiger partial charge in [-0.15, -0.1) is 0 Å². The van der Waals surface area contributed by atoms with E-state index in [1.54, 1.807) is 0 Å². The number of carbonyl (C=O) groups excluding carboxylic acids is 1. The zero-order valence-electron chi connectivity index (χ0n) is 10.1. The average Bonchev–Trinajstić information content (AvgIpc) is 2.16. The summed E-state index contributed by atoms with van der Waals surface area (Å²) in [6, 6.07) is 0. The van der Waals surface area contributed by atoms with E-state index in [-0.39, 0.29) is 17.3 Å². The zero-order valence-corrected chi connectivity index (χ0v) is 10.9. The van der Waals surface area contributed by atoms with E-state index in [2.05, 4.69) is 18.7 Å². The number of nitrogens with zero attached hydrogens (tertiary/aromatic N) is 2. The van der Waals surface area contributed by atoms with E-state index in [1.165, 1.54) is 0 Å².